The maximum Gasteiger partial charge on any atom is 0.306 e. The minimum Gasteiger partial charge on any atom is -0.462 e. The van der Waals surface area contributed by atoms with Crippen molar-refractivity contribution in [2.45, 2.75) is 252 Å². The van der Waals surface area contributed by atoms with Crippen molar-refractivity contribution < 1.29 is 28.6 Å². The molecule has 0 N–H and O–H groups in total. The number of esters is 3. The van der Waals surface area contributed by atoms with Gasteiger partial charge in [0, 0.05) is 19.3 Å². The Labute approximate surface area is 358 Å². The SMILES string of the molecule is CC/C=C\C/C=C\C/C=C\CCCCCC(=O)OC(COC(=O)CCCCCCC/C=C\CCCCCCC)COC(=O)CCCCCCCCCCCCCCC. The third kappa shape index (κ3) is 44.5. The average molecular weight is 813 g/mol. The summed E-state index contributed by atoms with van der Waals surface area (Å²) in [5.74, 6) is -0.920. The lowest BCUT2D eigenvalue weighted by Gasteiger charge is -2.18. The van der Waals surface area contributed by atoms with Crippen LogP contribution < -0.4 is 0 Å². The molecule has 58 heavy (non-hydrogen) atoms. The predicted molar refractivity (Wildman–Crippen MR) is 247 cm³/mol. The molecule has 0 amide bonds. The number of carbonyl (C=O) groups excluding carboxylic acids is 3. The number of allylic oxidation sites excluding steroid dienone is 8. The molecule has 0 aliphatic heterocycles. The first-order chi connectivity index (χ1) is 28.5. The Hall–Kier alpha value is -2.63. The van der Waals surface area contributed by atoms with Crippen LogP contribution in [0.25, 0.3) is 0 Å². The van der Waals surface area contributed by atoms with Crippen LogP contribution in [0.1, 0.15) is 245 Å². The number of ether oxygens (including phenoxy) is 3. The summed E-state index contributed by atoms with van der Waals surface area (Å²) in [5, 5.41) is 0. The zero-order valence-electron chi connectivity index (χ0n) is 38.3. The van der Waals surface area contributed by atoms with E-state index < -0.39 is 6.10 Å². The summed E-state index contributed by atoms with van der Waals surface area (Å²) < 4.78 is 16.7. The molecule has 0 saturated heterocycles. The molecule has 1 unspecified atom stereocenters. The highest BCUT2D eigenvalue weighted by Gasteiger charge is 2.19. The van der Waals surface area contributed by atoms with E-state index in [0.29, 0.717) is 19.3 Å². The van der Waals surface area contributed by atoms with Crippen molar-refractivity contribution in [3.63, 3.8) is 0 Å². The van der Waals surface area contributed by atoms with Gasteiger partial charge in [-0.15, -0.1) is 0 Å². The number of carbonyl (C=O) groups is 3. The Bertz CT molecular complexity index is 1030. The molecule has 0 aliphatic rings. The third-order valence-electron chi connectivity index (χ3n) is 10.6. The van der Waals surface area contributed by atoms with Gasteiger partial charge in [0.25, 0.3) is 0 Å². The molecule has 6 heteroatoms. The average Bonchev–Trinajstić information content (AvgIpc) is 3.22. The second-order valence-corrected chi connectivity index (χ2v) is 16.3. The van der Waals surface area contributed by atoms with E-state index in [0.717, 1.165) is 89.9 Å². The van der Waals surface area contributed by atoms with E-state index >= 15 is 0 Å². The van der Waals surface area contributed by atoms with E-state index in [-0.39, 0.29) is 31.1 Å². The molecule has 0 rings (SSSR count). The summed E-state index contributed by atoms with van der Waals surface area (Å²) >= 11 is 0. The van der Waals surface area contributed by atoms with Crippen LogP contribution in [0.15, 0.2) is 48.6 Å². The quantitative estimate of drug-likeness (QED) is 0.0264. The highest BCUT2D eigenvalue weighted by Crippen LogP contribution is 2.15. The van der Waals surface area contributed by atoms with Gasteiger partial charge in [-0.25, -0.2) is 0 Å². The van der Waals surface area contributed by atoms with Crippen molar-refractivity contribution in [1.29, 1.82) is 0 Å². The van der Waals surface area contributed by atoms with Gasteiger partial charge in [0.2, 0.25) is 0 Å². The molecule has 0 bridgehead atoms. The highest BCUT2D eigenvalue weighted by atomic mass is 16.6. The molecule has 0 saturated carbocycles. The smallest absolute Gasteiger partial charge is 0.306 e. The molecule has 336 valence electrons. The summed E-state index contributed by atoms with van der Waals surface area (Å²) in [6.45, 7) is 6.48. The van der Waals surface area contributed by atoms with Gasteiger partial charge in [-0.2, -0.15) is 0 Å². The minimum absolute atomic E-state index is 0.0856. The van der Waals surface area contributed by atoms with Crippen molar-refractivity contribution in [2.75, 3.05) is 13.2 Å². The van der Waals surface area contributed by atoms with E-state index in [4.69, 9.17) is 14.2 Å². The van der Waals surface area contributed by atoms with Crippen molar-refractivity contribution in [1.82, 2.24) is 0 Å². The van der Waals surface area contributed by atoms with Crippen LogP contribution in [0.3, 0.4) is 0 Å². The van der Waals surface area contributed by atoms with Crippen LogP contribution in [0, 0.1) is 0 Å². The van der Waals surface area contributed by atoms with Crippen molar-refractivity contribution in [2.24, 2.45) is 0 Å². The Kier molecular flexibility index (Phi) is 44.9. The molecule has 0 aromatic carbocycles. The monoisotopic (exact) mass is 813 g/mol. The van der Waals surface area contributed by atoms with Gasteiger partial charge in [0.15, 0.2) is 6.10 Å². The summed E-state index contributed by atoms with van der Waals surface area (Å²) in [6, 6.07) is 0. The Balaban J connectivity index is 4.42. The first-order valence-electron chi connectivity index (χ1n) is 24.6. The second kappa shape index (κ2) is 47.1. The number of hydrogen-bond acceptors (Lipinski definition) is 6. The van der Waals surface area contributed by atoms with Crippen LogP contribution in [-0.4, -0.2) is 37.2 Å². The lowest BCUT2D eigenvalue weighted by Crippen LogP contribution is -2.30. The molecule has 6 nitrogen and oxygen atoms in total. The minimum atomic E-state index is -0.787. The summed E-state index contributed by atoms with van der Waals surface area (Å²) in [6.07, 6.45) is 55.2. The molecule has 0 heterocycles. The largest absolute Gasteiger partial charge is 0.462 e. The maximum atomic E-state index is 12.7. The lowest BCUT2D eigenvalue weighted by atomic mass is 10.0. The zero-order chi connectivity index (χ0) is 42.3. The highest BCUT2D eigenvalue weighted by molar-refractivity contribution is 5.71. The van der Waals surface area contributed by atoms with Crippen LogP contribution >= 0.6 is 0 Å². The van der Waals surface area contributed by atoms with Gasteiger partial charge in [-0.05, 0) is 77.0 Å². The van der Waals surface area contributed by atoms with Gasteiger partial charge in [-0.3, -0.25) is 14.4 Å². The van der Waals surface area contributed by atoms with Crippen molar-refractivity contribution >= 4 is 17.9 Å². The Morgan fingerprint density at radius 3 is 1.09 bits per heavy atom. The first-order valence-corrected chi connectivity index (χ1v) is 24.6. The Morgan fingerprint density at radius 1 is 0.362 bits per heavy atom. The van der Waals surface area contributed by atoms with E-state index in [9.17, 15) is 14.4 Å². The van der Waals surface area contributed by atoms with E-state index in [1.807, 2.05) is 0 Å². The summed E-state index contributed by atoms with van der Waals surface area (Å²) in [7, 11) is 0. The van der Waals surface area contributed by atoms with Gasteiger partial charge < -0.3 is 14.2 Å². The zero-order valence-corrected chi connectivity index (χ0v) is 38.3. The molecular weight excluding hydrogens is 721 g/mol. The summed E-state index contributed by atoms with van der Waals surface area (Å²) in [4.78, 5) is 37.8. The number of rotatable bonds is 44. The Morgan fingerprint density at radius 2 is 0.672 bits per heavy atom. The lowest BCUT2D eigenvalue weighted by molar-refractivity contribution is -0.167. The van der Waals surface area contributed by atoms with Crippen LogP contribution in [0.4, 0.5) is 0 Å². The first kappa shape index (κ1) is 55.4. The predicted octanol–water partition coefficient (Wildman–Crippen LogP) is 15.9. The fraction of sp³-hybridized carbons (Fsp3) is 0.788. The molecule has 0 fully saturated rings. The molecule has 0 radical (unpaired) electrons. The second-order valence-electron chi connectivity index (χ2n) is 16.3. The topological polar surface area (TPSA) is 78.9 Å². The van der Waals surface area contributed by atoms with E-state index in [1.165, 1.54) is 116 Å². The molecule has 0 spiro atoms. The van der Waals surface area contributed by atoms with Gasteiger partial charge in [0.1, 0.15) is 13.2 Å². The van der Waals surface area contributed by atoms with Crippen LogP contribution in [0.2, 0.25) is 0 Å². The standard InChI is InChI=1S/C52H92O6/c1-4-7-10-13-16-19-22-25-28-30-33-36-39-42-45-51(54)57-48-49(58-52(55)46-43-40-37-34-31-27-24-21-18-15-12-9-6-3)47-56-50(53)44-41-38-35-32-29-26-23-20-17-14-11-8-5-2/h9,12,18,21-22,25,27,31,49H,4-8,10-11,13-17,19-20,23-24,26,28-30,32-48H2,1-3H3/b12-9-,21-18-,25-22-,31-27-. The van der Waals surface area contributed by atoms with E-state index in [1.54, 1.807) is 0 Å². The van der Waals surface area contributed by atoms with Crippen molar-refractivity contribution in [3.05, 3.63) is 48.6 Å². The van der Waals surface area contributed by atoms with Crippen LogP contribution in [-0.2, 0) is 28.6 Å². The van der Waals surface area contributed by atoms with Gasteiger partial charge in [0.05, 0.1) is 0 Å². The number of hydrogen-bond donors (Lipinski definition) is 0. The van der Waals surface area contributed by atoms with E-state index in [2.05, 4.69) is 69.4 Å². The molecule has 1 atom stereocenters. The fourth-order valence-electron chi connectivity index (χ4n) is 6.86. The molecule has 0 aromatic heterocycles. The normalized spacial score (nSPS) is 12.4. The summed E-state index contributed by atoms with van der Waals surface area (Å²) in [5.41, 5.74) is 0. The fourth-order valence-corrected chi connectivity index (χ4v) is 6.86. The molecular formula is C52H92O6. The molecule has 0 aromatic rings. The van der Waals surface area contributed by atoms with Crippen molar-refractivity contribution in [3.8, 4) is 0 Å². The van der Waals surface area contributed by atoms with Crippen LogP contribution in [0.5, 0.6) is 0 Å². The molecule has 0 aliphatic carbocycles. The third-order valence-corrected chi connectivity index (χ3v) is 10.6. The number of unbranched alkanes of at least 4 members (excludes halogenated alkanes) is 25. The maximum absolute atomic E-state index is 12.7. The van der Waals surface area contributed by atoms with Gasteiger partial charge in [-0.1, -0.05) is 198 Å². The van der Waals surface area contributed by atoms with Gasteiger partial charge >= 0.3 is 17.9 Å².